The van der Waals surface area contributed by atoms with Crippen LogP contribution in [0.15, 0.2) is 24.8 Å². The van der Waals surface area contributed by atoms with Gasteiger partial charge in [-0.15, -0.1) is 6.58 Å². The summed E-state index contributed by atoms with van der Waals surface area (Å²) < 4.78 is 0. The van der Waals surface area contributed by atoms with Gasteiger partial charge in [-0.1, -0.05) is 45.4 Å². The van der Waals surface area contributed by atoms with Crippen LogP contribution in [-0.2, 0) is 0 Å². The molecule has 0 saturated heterocycles. The highest BCUT2D eigenvalue weighted by atomic mass is 16.3. The molecule has 0 bridgehead atoms. The first-order valence-corrected chi connectivity index (χ1v) is 8.66. The van der Waals surface area contributed by atoms with Crippen LogP contribution >= 0.6 is 0 Å². The molecule has 0 heterocycles. The van der Waals surface area contributed by atoms with Gasteiger partial charge in [0.15, 0.2) is 0 Å². The van der Waals surface area contributed by atoms with Gasteiger partial charge in [-0.25, -0.2) is 0 Å². The van der Waals surface area contributed by atoms with Crippen LogP contribution in [0.2, 0.25) is 0 Å². The van der Waals surface area contributed by atoms with Gasteiger partial charge in [0.25, 0.3) is 0 Å². The van der Waals surface area contributed by atoms with Crippen molar-refractivity contribution in [2.75, 3.05) is 0 Å². The minimum absolute atomic E-state index is 0.369. The lowest BCUT2D eigenvalue weighted by Gasteiger charge is -2.58. The molecular weight excluding hydrogens is 256 g/mol. The van der Waals surface area contributed by atoms with Gasteiger partial charge in [-0.3, -0.25) is 0 Å². The number of hydrogen-bond acceptors (Lipinski definition) is 1. The van der Waals surface area contributed by atoms with Crippen molar-refractivity contribution in [2.45, 2.75) is 78.2 Å². The summed E-state index contributed by atoms with van der Waals surface area (Å²) in [5, 5.41) is 10.3. The van der Waals surface area contributed by atoms with Gasteiger partial charge >= 0.3 is 0 Å². The normalized spacial score (nSPS) is 38.4. The lowest BCUT2D eigenvalue weighted by Crippen LogP contribution is -2.49. The summed E-state index contributed by atoms with van der Waals surface area (Å²) >= 11 is 0. The highest BCUT2D eigenvalue weighted by Crippen LogP contribution is 2.61. The van der Waals surface area contributed by atoms with Gasteiger partial charge in [0.1, 0.15) is 0 Å². The minimum Gasteiger partial charge on any atom is -0.386 e. The molecule has 2 fully saturated rings. The molecular formula is C20H34O. The Balaban J connectivity index is 2.21. The van der Waals surface area contributed by atoms with Crippen LogP contribution in [0.3, 0.4) is 0 Å². The SMILES string of the molecule is C=C[C@@](C)(O)CC[C@H]1C(=C)CC[C@H]2C(C)(C)CCC[C@]12C. The van der Waals surface area contributed by atoms with Crippen LogP contribution in [0.25, 0.3) is 0 Å². The number of fused-ring (bicyclic) bond motifs is 1. The van der Waals surface area contributed by atoms with Gasteiger partial charge in [-0.05, 0) is 68.1 Å². The van der Waals surface area contributed by atoms with E-state index in [0.29, 0.717) is 16.7 Å². The maximum absolute atomic E-state index is 10.3. The van der Waals surface area contributed by atoms with E-state index in [-0.39, 0.29) is 0 Å². The number of allylic oxidation sites excluding steroid dienone is 1. The Hall–Kier alpha value is -0.560. The van der Waals surface area contributed by atoms with Crippen molar-refractivity contribution in [3.63, 3.8) is 0 Å². The predicted molar refractivity (Wildman–Crippen MR) is 91.1 cm³/mol. The third kappa shape index (κ3) is 3.13. The number of hydrogen-bond donors (Lipinski definition) is 1. The second kappa shape index (κ2) is 5.57. The third-order valence-electron chi connectivity index (χ3n) is 6.70. The highest BCUT2D eigenvalue weighted by Gasteiger charge is 2.52. The van der Waals surface area contributed by atoms with E-state index < -0.39 is 5.60 Å². The van der Waals surface area contributed by atoms with Crippen molar-refractivity contribution in [1.82, 2.24) is 0 Å². The summed E-state index contributed by atoms with van der Waals surface area (Å²) in [5.41, 5.74) is 1.50. The lowest BCUT2D eigenvalue weighted by molar-refractivity contribution is -0.0583. The maximum atomic E-state index is 10.3. The standard InChI is InChI=1S/C20H34O/c1-7-19(5,21)14-11-16-15(2)9-10-17-18(3,4)12-8-13-20(16,17)6/h7,16-17,21H,1-2,8-14H2,3-6H3/t16-,17-,19+,20+/m0/s1. The average Bonchev–Trinajstić information content (AvgIpc) is 2.36. The molecule has 0 spiro atoms. The molecule has 0 unspecified atom stereocenters. The predicted octanol–water partition coefficient (Wildman–Crippen LogP) is 5.50. The summed E-state index contributed by atoms with van der Waals surface area (Å²) in [5.74, 6) is 1.35. The molecule has 0 aromatic rings. The Bertz CT molecular complexity index is 418. The zero-order valence-electron chi connectivity index (χ0n) is 14.5. The lowest BCUT2D eigenvalue weighted by atomic mass is 9.47. The van der Waals surface area contributed by atoms with Crippen molar-refractivity contribution < 1.29 is 5.11 Å². The van der Waals surface area contributed by atoms with Crippen LogP contribution < -0.4 is 0 Å². The number of aliphatic hydroxyl groups is 1. The molecule has 21 heavy (non-hydrogen) atoms. The summed E-state index contributed by atoms with van der Waals surface area (Å²) in [7, 11) is 0. The van der Waals surface area contributed by atoms with Crippen LogP contribution in [-0.4, -0.2) is 10.7 Å². The van der Waals surface area contributed by atoms with Crippen molar-refractivity contribution in [3.05, 3.63) is 24.8 Å². The van der Waals surface area contributed by atoms with Crippen molar-refractivity contribution in [1.29, 1.82) is 0 Å². The van der Waals surface area contributed by atoms with E-state index >= 15 is 0 Å². The Labute approximate surface area is 131 Å². The molecule has 1 nitrogen and oxygen atoms in total. The van der Waals surface area contributed by atoms with E-state index in [0.717, 1.165) is 18.8 Å². The molecule has 0 aromatic carbocycles. The minimum atomic E-state index is -0.742. The average molecular weight is 290 g/mol. The van der Waals surface area contributed by atoms with E-state index in [9.17, 15) is 5.11 Å². The van der Waals surface area contributed by atoms with E-state index in [4.69, 9.17) is 0 Å². The third-order valence-corrected chi connectivity index (χ3v) is 6.70. The largest absolute Gasteiger partial charge is 0.386 e. The molecule has 0 amide bonds. The molecule has 2 aliphatic rings. The fourth-order valence-corrected chi connectivity index (χ4v) is 5.35. The highest BCUT2D eigenvalue weighted by molar-refractivity contribution is 5.16. The summed E-state index contributed by atoms with van der Waals surface area (Å²) in [6.45, 7) is 17.4. The zero-order valence-corrected chi connectivity index (χ0v) is 14.5. The van der Waals surface area contributed by atoms with E-state index in [1.807, 2.05) is 6.92 Å². The first-order chi connectivity index (χ1) is 9.62. The van der Waals surface area contributed by atoms with Crippen LogP contribution in [0.1, 0.15) is 72.6 Å². The molecule has 0 radical (unpaired) electrons. The summed E-state index contributed by atoms with van der Waals surface area (Å²) in [4.78, 5) is 0. The zero-order chi connectivity index (χ0) is 15.9. The fraction of sp³-hybridized carbons (Fsp3) is 0.800. The topological polar surface area (TPSA) is 20.2 Å². The fourth-order valence-electron chi connectivity index (χ4n) is 5.35. The number of rotatable bonds is 4. The van der Waals surface area contributed by atoms with Crippen LogP contribution in [0.5, 0.6) is 0 Å². The monoisotopic (exact) mass is 290 g/mol. The van der Waals surface area contributed by atoms with E-state index in [1.54, 1.807) is 6.08 Å². The molecule has 2 rings (SSSR count). The Morgan fingerprint density at radius 1 is 1.33 bits per heavy atom. The molecule has 2 aliphatic carbocycles. The first kappa shape index (κ1) is 16.8. The summed E-state index contributed by atoms with van der Waals surface area (Å²) in [6, 6.07) is 0. The molecule has 1 N–H and O–H groups in total. The van der Waals surface area contributed by atoms with E-state index in [1.165, 1.54) is 37.7 Å². The second-order valence-corrected chi connectivity index (χ2v) is 8.75. The molecule has 0 aliphatic heterocycles. The van der Waals surface area contributed by atoms with Crippen molar-refractivity contribution in [3.8, 4) is 0 Å². The Morgan fingerprint density at radius 3 is 2.62 bits per heavy atom. The van der Waals surface area contributed by atoms with Crippen LogP contribution in [0, 0.1) is 22.7 Å². The molecule has 120 valence electrons. The molecule has 1 heteroatoms. The first-order valence-electron chi connectivity index (χ1n) is 8.66. The van der Waals surface area contributed by atoms with Crippen molar-refractivity contribution in [2.24, 2.45) is 22.7 Å². The van der Waals surface area contributed by atoms with Gasteiger partial charge in [0, 0.05) is 0 Å². The Morgan fingerprint density at radius 2 is 2.00 bits per heavy atom. The van der Waals surface area contributed by atoms with Gasteiger partial charge in [-0.2, -0.15) is 0 Å². The smallest absolute Gasteiger partial charge is 0.0797 e. The van der Waals surface area contributed by atoms with Crippen molar-refractivity contribution >= 4 is 0 Å². The maximum Gasteiger partial charge on any atom is 0.0797 e. The van der Waals surface area contributed by atoms with Gasteiger partial charge < -0.3 is 5.11 Å². The second-order valence-electron chi connectivity index (χ2n) is 8.75. The molecule has 4 atom stereocenters. The van der Waals surface area contributed by atoms with Gasteiger partial charge in [0.2, 0.25) is 0 Å². The van der Waals surface area contributed by atoms with Gasteiger partial charge in [0.05, 0.1) is 5.60 Å². The van der Waals surface area contributed by atoms with E-state index in [2.05, 4.69) is 33.9 Å². The summed E-state index contributed by atoms with van der Waals surface area (Å²) in [6.07, 6.45) is 10.0. The quantitative estimate of drug-likeness (QED) is 0.678. The molecule has 2 saturated carbocycles. The Kier molecular flexibility index (Phi) is 4.46. The molecule has 0 aromatic heterocycles. The van der Waals surface area contributed by atoms with Crippen LogP contribution in [0.4, 0.5) is 0 Å².